The van der Waals surface area contributed by atoms with E-state index in [1.165, 1.54) is 4.90 Å². The zero-order chi connectivity index (χ0) is 16.1. The predicted molar refractivity (Wildman–Crippen MR) is 86.7 cm³/mol. The molecule has 0 aromatic heterocycles. The van der Waals surface area contributed by atoms with Gasteiger partial charge in [0.1, 0.15) is 0 Å². The number of carbonyl (C=O) groups excluding carboxylic acids is 2. The highest BCUT2D eigenvalue weighted by molar-refractivity contribution is 8.13. The lowest BCUT2D eigenvalue weighted by Crippen LogP contribution is -2.63. The number of unbranched alkanes of at least 4 members (excludes halogenated alkanes) is 2. The van der Waals surface area contributed by atoms with Crippen molar-refractivity contribution < 1.29 is 14.7 Å². The van der Waals surface area contributed by atoms with E-state index in [0.29, 0.717) is 6.42 Å². The number of thioether (sulfide) groups is 1. The van der Waals surface area contributed by atoms with E-state index in [1.54, 1.807) is 18.8 Å². The second-order valence-corrected chi connectivity index (χ2v) is 6.56. The van der Waals surface area contributed by atoms with Gasteiger partial charge in [0.15, 0.2) is 17.4 Å². The van der Waals surface area contributed by atoms with Crippen molar-refractivity contribution in [3.05, 3.63) is 0 Å². The molecule has 3 amide bonds. The van der Waals surface area contributed by atoms with Crippen LogP contribution in [0.25, 0.3) is 0 Å². The Morgan fingerprint density at radius 1 is 1.32 bits per heavy atom. The Morgan fingerprint density at radius 2 is 2.09 bits per heavy atom. The molecule has 0 radical (unpaired) electrons. The first-order valence-corrected chi connectivity index (χ1v) is 8.74. The molecular formula is C14H24N4O3S. The minimum absolute atomic E-state index is 0.141. The Hall–Kier alpha value is -1.28. The molecule has 8 heteroatoms. The number of aliphatic hydroxyl groups excluding tert-OH is 1. The summed E-state index contributed by atoms with van der Waals surface area (Å²) in [6.45, 7) is 3.04. The van der Waals surface area contributed by atoms with E-state index in [2.05, 4.69) is 17.2 Å². The van der Waals surface area contributed by atoms with E-state index in [0.717, 1.165) is 36.7 Å². The van der Waals surface area contributed by atoms with Gasteiger partial charge in [0.05, 0.1) is 0 Å². The number of aliphatic imine (C=N–C) groups is 1. The van der Waals surface area contributed by atoms with Gasteiger partial charge >= 0.3 is 6.03 Å². The summed E-state index contributed by atoms with van der Waals surface area (Å²) in [5, 5.41) is 12.1. The molecule has 0 spiro atoms. The van der Waals surface area contributed by atoms with Gasteiger partial charge in [-0.3, -0.25) is 10.1 Å². The largest absolute Gasteiger partial charge is 0.396 e. The molecule has 2 atom stereocenters. The number of carbonyl (C=O) groups is 2. The molecule has 0 bridgehead atoms. The van der Waals surface area contributed by atoms with Gasteiger partial charge in [-0.1, -0.05) is 31.5 Å². The maximum Gasteiger partial charge on any atom is 0.325 e. The van der Waals surface area contributed by atoms with E-state index in [9.17, 15) is 9.59 Å². The lowest BCUT2D eigenvalue weighted by molar-refractivity contribution is -0.127. The topological polar surface area (TPSA) is 85.2 Å². The molecule has 2 aliphatic heterocycles. The zero-order valence-electron chi connectivity index (χ0n) is 13.1. The Labute approximate surface area is 135 Å². The summed E-state index contributed by atoms with van der Waals surface area (Å²) < 4.78 is 0. The number of hydrogen-bond acceptors (Lipinski definition) is 6. The van der Waals surface area contributed by atoms with Crippen LogP contribution in [0.1, 0.15) is 32.6 Å². The molecule has 1 fully saturated rings. The summed E-state index contributed by atoms with van der Waals surface area (Å²) in [6.07, 6.45) is 3.43. The van der Waals surface area contributed by atoms with Crippen molar-refractivity contribution in [3.8, 4) is 0 Å². The second kappa shape index (κ2) is 7.82. The van der Waals surface area contributed by atoms with Gasteiger partial charge in [-0.05, 0) is 12.8 Å². The fourth-order valence-electron chi connectivity index (χ4n) is 2.62. The summed E-state index contributed by atoms with van der Waals surface area (Å²) in [5.74, 6) is 0.476. The summed E-state index contributed by atoms with van der Waals surface area (Å²) in [6, 6.07) is -0.832. The maximum atomic E-state index is 12.2. The van der Waals surface area contributed by atoms with Crippen molar-refractivity contribution in [2.45, 2.75) is 44.8 Å². The second-order valence-electron chi connectivity index (χ2n) is 5.50. The third kappa shape index (κ3) is 3.55. The molecule has 2 heterocycles. The van der Waals surface area contributed by atoms with Crippen LogP contribution in [-0.2, 0) is 4.79 Å². The quantitative estimate of drug-likeness (QED) is 0.677. The molecule has 0 saturated carbocycles. The van der Waals surface area contributed by atoms with Gasteiger partial charge in [-0.15, -0.1) is 0 Å². The molecule has 1 saturated heterocycles. The van der Waals surface area contributed by atoms with Gasteiger partial charge in [0.2, 0.25) is 0 Å². The number of amides is 3. The lowest BCUT2D eigenvalue weighted by atomic mass is 10.1. The van der Waals surface area contributed by atoms with Crippen molar-refractivity contribution in [1.29, 1.82) is 0 Å². The van der Waals surface area contributed by atoms with Crippen LogP contribution in [0.15, 0.2) is 4.99 Å². The molecule has 2 unspecified atom stereocenters. The highest BCUT2D eigenvalue weighted by atomic mass is 32.2. The predicted octanol–water partition coefficient (Wildman–Crippen LogP) is 0.840. The third-order valence-electron chi connectivity index (χ3n) is 3.86. The van der Waals surface area contributed by atoms with Crippen molar-refractivity contribution >= 4 is 28.9 Å². The summed E-state index contributed by atoms with van der Waals surface area (Å²) >= 11 is 1.54. The number of nitrogens with zero attached hydrogens (tertiary/aromatic N) is 3. The van der Waals surface area contributed by atoms with Gasteiger partial charge in [0.25, 0.3) is 5.91 Å². The van der Waals surface area contributed by atoms with Crippen molar-refractivity contribution in [3.63, 3.8) is 0 Å². The maximum absolute atomic E-state index is 12.2. The molecule has 2 aliphatic rings. The Bertz CT molecular complexity index is 457. The minimum Gasteiger partial charge on any atom is -0.396 e. The average molecular weight is 328 g/mol. The first-order valence-electron chi connectivity index (χ1n) is 7.76. The monoisotopic (exact) mass is 328 g/mol. The molecule has 124 valence electrons. The summed E-state index contributed by atoms with van der Waals surface area (Å²) in [4.78, 5) is 32.1. The molecule has 2 N–H and O–H groups in total. The normalized spacial score (nSPS) is 24.4. The van der Waals surface area contributed by atoms with E-state index < -0.39 is 18.2 Å². The van der Waals surface area contributed by atoms with Crippen molar-refractivity contribution in [1.82, 2.24) is 15.1 Å². The number of rotatable bonds is 7. The van der Waals surface area contributed by atoms with E-state index in [-0.39, 0.29) is 12.5 Å². The third-order valence-corrected chi connectivity index (χ3v) is 4.95. The zero-order valence-corrected chi connectivity index (χ0v) is 13.9. The smallest absolute Gasteiger partial charge is 0.325 e. The van der Waals surface area contributed by atoms with Crippen LogP contribution in [0.3, 0.4) is 0 Å². The Balaban J connectivity index is 2.12. The van der Waals surface area contributed by atoms with E-state index in [1.807, 2.05) is 4.90 Å². The van der Waals surface area contributed by atoms with Crippen LogP contribution in [0.2, 0.25) is 0 Å². The number of nitrogens with one attached hydrogen (secondary N) is 1. The fraction of sp³-hybridized carbons (Fsp3) is 0.786. The summed E-state index contributed by atoms with van der Waals surface area (Å²) in [5.41, 5.74) is 0. The number of likely N-dealkylation sites (N-methyl/N-ethyl adjacent to an activating group) is 1. The number of hydrogen-bond donors (Lipinski definition) is 2. The lowest BCUT2D eigenvalue weighted by Gasteiger charge is -2.36. The van der Waals surface area contributed by atoms with Crippen LogP contribution in [0.5, 0.6) is 0 Å². The summed E-state index contributed by atoms with van der Waals surface area (Å²) in [7, 11) is 1.66. The molecule has 0 aromatic rings. The fourth-order valence-corrected chi connectivity index (χ4v) is 3.63. The standard InChI is InChI=1S/C14H24N4O3S/c1-3-4-5-7-18-10-11(15-14(18)22-9-6-8-19)17(2)13(21)16-12(10)20/h10-11,19H,3-9H2,1-2H3,(H,16,20,21). The molecule has 22 heavy (non-hydrogen) atoms. The van der Waals surface area contributed by atoms with Gasteiger partial charge < -0.3 is 14.9 Å². The SMILES string of the molecule is CCCCCN1C(SCCCO)=NC2C1C(=O)NC(=O)N2C. The van der Waals surface area contributed by atoms with Gasteiger partial charge in [-0.25, -0.2) is 9.79 Å². The molecule has 0 aromatic carbocycles. The molecule has 0 aliphatic carbocycles. The molecule has 7 nitrogen and oxygen atoms in total. The number of aliphatic hydroxyl groups is 1. The van der Waals surface area contributed by atoms with Crippen LogP contribution in [0, 0.1) is 0 Å². The number of amidine groups is 1. The molecule has 2 rings (SSSR count). The number of fused-ring (bicyclic) bond motifs is 1. The van der Waals surface area contributed by atoms with Crippen LogP contribution in [-0.4, -0.2) is 70.2 Å². The average Bonchev–Trinajstić information content (AvgIpc) is 2.85. The van der Waals surface area contributed by atoms with Crippen LogP contribution < -0.4 is 5.32 Å². The van der Waals surface area contributed by atoms with Gasteiger partial charge in [0, 0.05) is 26.0 Å². The highest BCUT2D eigenvalue weighted by Crippen LogP contribution is 2.29. The van der Waals surface area contributed by atoms with Crippen LogP contribution in [0.4, 0.5) is 4.79 Å². The van der Waals surface area contributed by atoms with E-state index in [4.69, 9.17) is 5.11 Å². The van der Waals surface area contributed by atoms with Crippen molar-refractivity contribution in [2.24, 2.45) is 4.99 Å². The first kappa shape index (κ1) is 17.1. The van der Waals surface area contributed by atoms with Crippen LogP contribution >= 0.6 is 11.8 Å². The van der Waals surface area contributed by atoms with E-state index >= 15 is 0 Å². The minimum atomic E-state index is -0.445. The first-order chi connectivity index (χ1) is 10.6. The van der Waals surface area contributed by atoms with Crippen molar-refractivity contribution in [2.75, 3.05) is 26.0 Å². The van der Waals surface area contributed by atoms with Gasteiger partial charge in [-0.2, -0.15) is 0 Å². The molecular weight excluding hydrogens is 304 g/mol. The Kier molecular flexibility index (Phi) is 6.07. The Morgan fingerprint density at radius 3 is 2.77 bits per heavy atom. The number of urea groups is 1. The number of imide groups is 1. The highest BCUT2D eigenvalue weighted by Gasteiger charge is 2.48.